The van der Waals surface area contributed by atoms with Crippen LogP contribution in [0, 0.1) is 0 Å². The molecule has 1 unspecified atom stereocenters. The molecule has 0 aromatic heterocycles. The Balaban J connectivity index is 2.00. The van der Waals surface area contributed by atoms with Gasteiger partial charge in [0.25, 0.3) is 11.8 Å². The molecule has 2 rings (SSSR count). The van der Waals surface area contributed by atoms with Gasteiger partial charge in [-0.3, -0.25) is 9.59 Å². The second kappa shape index (κ2) is 5.83. The fourth-order valence-electron chi connectivity index (χ4n) is 1.84. The minimum Gasteiger partial charge on any atom is -0.382 e. The van der Waals surface area contributed by atoms with E-state index < -0.39 is 17.8 Å². The minimum atomic E-state index is -0.636. The molecule has 1 atom stereocenters. The summed E-state index contributed by atoms with van der Waals surface area (Å²) in [7, 11) is 1.54. The Labute approximate surface area is 116 Å². The first-order valence-electron chi connectivity index (χ1n) is 6.26. The van der Waals surface area contributed by atoms with Crippen LogP contribution in [0.4, 0.5) is 0 Å². The maximum Gasteiger partial charge on any atom is 0.333 e. The van der Waals surface area contributed by atoms with Gasteiger partial charge in [0.1, 0.15) is 0 Å². The molecule has 1 aliphatic heterocycles. The zero-order valence-electron chi connectivity index (χ0n) is 11.3. The van der Waals surface area contributed by atoms with Crippen LogP contribution in [0.5, 0.6) is 0 Å². The molecule has 106 valence electrons. The third-order valence-corrected chi connectivity index (χ3v) is 3.11. The topological polar surface area (TPSA) is 72.9 Å². The highest BCUT2D eigenvalue weighted by Gasteiger charge is 2.38. The fraction of sp³-hybridized carbons (Fsp3) is 0.357. The van der Waals surface area contributed by atoms with Gasteiger partial charge in [-0.15, -0.1) is 0 Å². The number of hydrogen-bond donors (Lipinski definition) is 0. The van der Waals surface area contributed by atoms with Crippen molar-refractivity contribution in [2.24, 2.45) is 0 Å². The quantitative estimate of drug-likeness (QED) is 0.764. The molecule has 1 aliphatic rings. The molecule has 1 aromatic rings. The molecule has 0 radical (unpaired) electrons. The van der Waals surface area contributed by atoms with Crippen molar-refractivity contribution in [3.8, 4) is 0 Å². The highest BCUT2D eigenvalue weighted by atomic mass is 16.7. The average molecular weight is 277 g/mol. The molecule has 0 saturated heterocycles. The maximum atomic E-state index is 11.9. The first-order chi connectivity index (χ1) is 9.54. The van der Waals surface area contributed by atoms with E-state index in [9.17, 15) is 14.4 Å². The van der Waals surface area contributed by atoms with Gasteiger partial charge in [-0.1, -0.05) is 17.2 Å². The maximum absolute atomic E-state index is 11.9. The highest BCUT2D eigenvalue weighted by molar-refractivity contribution is 6.20. The van der Waals surface area contributed by atoms with Gasteiger partial charge in [-0.2, -0.15) is 0 Å². The highest BCUT2D eigenvalue weighted by Crippen LogP contribution is 2.22. The Kier molecular flexibility index (Phi) is 4.14. The molecule has 0 spiro atoms. The Hall–Kier alpha value is -2.21. The average Bonchev–Trinajstić information content (AvgIpc) is 2.70. The first kappa shape index (κ1) is 14.2. The van der Waals surface area contributed by atoms with E-state index in [0.29, 0.717) is 11.5 Å². The number of amides is 2. The lowest BCUT2D eigenvalue weighted by molar-refractivity contribution is -0.169. The summed E-state index contributed by atoms with van der Waals surface area (Å²) in [5.74, 6) is -1.86. The standard InChI is InChI=1S/C14H15NO5/c1-9(19-2)7-8-12(16)20-15-13(17)10-5-3-4-6-11(10)14(15)18/h3-6,9H,7-8H2,1-2H3. The Morgan fingerprint density at radius 2 is 1.75 bits per heavy atom. The number of methoxy groups -OCH3 is 1. The fourth-order valence-corrected chi connectivity index (χ4v) is 1.84. The van der Waals surface area contributed by atoms with Crippen LogP contribution in [0.2, 0.25) is 0 Å². The number of hydroxylamine groups is 2. The normalized spacial score (nSPS) is 15.2. The Bertz CT molecular complexity index is 519. The summed E-state index contributed by atoms with van der Waals surface area (Å²) in [5.41, 5.74) is 0.492. The second-order valence-electron chi connectivity index (χ2n) is 4.50. The molecular weight excluding hydrogens is 262 g/mol. The molecule has 0 aliphatic carbocycles. The number of benzene rings is 1. The van der Waals surface area contributed by atoms with Gasteiger partial charge in [0.2, 0.25) is 0 Å². The van der Waals surface area contributed by atoms with Crippen molar-refractivity contribution < 1.29 is 24.0 Å². The van der Waals surface area contributed by atoms with Crippen LogP contribution in [0.25, 0.3) is 0 Å². The van der Waals surface area contributed by atoms with Crippen LogP contribution in [-0.4, -0.2) is 36.1 Å². The van der Waals surface area contributed by atoms with Crippen LogP contribution < -0.4 is 0 Å². The molecule has 0 saturated carbocycles. The van der Waals surface area contributed by atoms with Gasteiger partial charge < -0.3 is 9.57 Å². The molecule has 0 N–H and O–H groups in total. The SMILES string of the molecule is COC(C)CCC(=O)ON1C(=O)c2ccccc2C1=O. The Morgan fingerprint density at radius 1 is 1.20 bits per heavy atom. The summed E-state index contributed by atoms with van der Waals surface area (Å²) in [4.78, 5) is 40.4. The lowest BCUT2D eigenvalue weighted by atomic mass is 10.1. The van der Waals surface area contributed by atoms with E-state index in [4.69, 9.17) is 9.57 Å². The van der Waals surface area contributed by atoms with Crippen LogP contribution in [0.1, 0.15) is 40.5 Å². The molecule has 1 heterocycles. The largest absolute Gasteiger partial charge is 0.382 e. The summed E-state index contributed by atoms with van der Waals surface area (Å²) in [6.45, 7) is 1.81. The number of carbonyl (C=O) groups excluding carboxylic acids is 3. The summed E-state index contributed by atoms with van der Waals surface area (Å²) in [6.07, 6.45) is 0.436. The summed E-state index contributed by atoms with van der Waals surface area (Å²) in [6, 6.07) is 6.35. The molecule has 1 aromatic carbocycles. The van der Waals surface area contributed by atoms with Crippen molar-refractivity contribution >= 4 is 17.8 Å². The molecule has 6 nitrogen and oxygen atoms in total. The summed E-state index contributed by atoms with van der Waals surface area (Å²) < 4.78 is 5.01. The Morgan fingerprint density at radius 3 is 2.25 bits per heavy atom. The van der Waals surface area contributed by atoms with Gasteiger partial charge in [0.15, 0.2) is 0 Å². The third kappa shape index (κ3) is 2.70. The van der Waals surface area contributed by atoms with Crippen LogP contribution in [0.15, 0.2) is 24.3 Å². The number of carbonyl (C=O) groups is 3. The van der Waals surface area contributed by atoms with E-state index in [1.165, 1.54) is 12.1 Å². The van der Waals surface area contributed by atoms with Gasteiger partial charge in [0.05, 0.1) is 23.7 Å². The first-order valence-corrected chi connectivity index (χ1v) is 6.26. The lowest BCUT2D eigenvalue weighted by Gasteiger charge is -2.13. The monoisotopic (exact) mass is 277 g/mol. The molecule has 20 heavy (non-hydrogen) atoms. The zero-order valence-corrected chi connectivity index (χ0v) is 11.3. The van der Waals surface area contributed by atoms with E-state index in [0.717, 1.165) is 0 Å². The van der Waals surface area contributed by atoms with E-state index >= 15 is 0 Å². The van der Waals surface area contributed by atoms with Crippen molar-refractivity contribution in [1.29, 1.82) is 0 Å². The van der Waals surface area contributed by atoms with Crippen molar-refractivity contribution in [2.45, 2.75) is 25.9 Å². The zero-order chi connectivity index (χ0) is 14.7. The van der Waals surface area contributed by atoms with Crippen LogP contribution >= 0.6 is 0 Å². The predicted molar refractivity (Wildman–Crippen MR) is 68.7 cm³/mol. The summed E-state index contributed by atoms with van der Waals surface area (Å²) in [5, 5.41) is 0.518. The van der Waals surface area contributed by atoms with Crippen molar-refractivity contribution in [3.05, 3.63) is 35.4 Å². The van der Waals surface area contributed by atoms with E-state index in [1.54, 1.807) is 19.2 Å². The number of ether oxygens (including phenoxy) is 1. The number of fused-ring (bicyclic) bond motifs is 1. The van der Waals surface area contributed by atoms with E-state index in [1.807, 2.05) is 6.92 Å². The second-order valence-corrected chi connectivity index (χ2v) is 4.50. The molecular formula is C14H15NO5. The van der Waals surface area contributed by atoms with Gasteiger partial charge >= 0.3 is 5.97 Å². The molecule has 6 heteroatoms. The van der Waals surface area contributed by atoms with Gasteiger partial charge in [-0.25, -0.2) is 4.79 Å². The van der Waals surface area contributed by atoms with Gasteiger partial charge in [-0.05, 0) is 25.5 Å². The molecule has 0 fully saturated rings. The number of hydrogen-bond acceptors (Lipinski definition) is 5. The van der Waals surface area contributed by atoms with E-state index in [2.05, 4.69) is 0 Å². The summed E-state index contributed by atoms with van der Waals surface area (Å²) >= 11 is 0. The number of nitrogens with zero attached hydrogens (tertiary/aromatic N) is 1. The predicted octanol–water partition coefficient (Wildman–Crippen LogP) is 1.56. The molecule has 0 bridgehead atoms. The number of imide groups is 1. The van der Waals surface area contributed by atoms with Crippen molar-refractivity contribution in [1.82, 2.24) is 5.06 Å². The minimum absolute atomic E-state index is 0.0718. The van der Waals surface area contributed by atoms with E-state index in [-0.39, 0.29) is 23.7 Å². The van der Waals surface area contributed by atoms with Gasteiger partial charge in [0, 0.05) is 7.11 Å². The van der Waals surface area contributed by atoms with Crippen LogP contribution in [-0.2, 0) is 14.4 Å². The molecule has 2 amide bonds. The smallest absolute Gasteiger partial charge is 0.333 e. The van der Waals surface area contributed by atoms with Crippen molar-refractivity contribution in [2.75, 3.05) is 7.11 Å². The van der Waals surface area contributed by atoms with Crippen LogP contribution in [0.3, 0.4) is 0 Å². The lowest BCUT2D eigenvalue weighted by Crippen LogP contribution is -2.32. The number of rotatable bonds is 5. The third-order valence-electron chi connectivity index (χ3n) is 3.11. The van der Waals surface area contributed by atoms with Crippen molar-refractivity contribution in [3.63, 3.8) is 0 Å².